The second-order valence-corrected chi connectivity index (χ2v) is 5.57. The molecular formula is C16H31ClO2. The van der Waals surface area contributed by atoms with Gasteiger partial charge in [-0.05, 0) is 6.42 Å². The Bertz CT molecular complexity index is 195. The molecule has 0 aliphatic heterocycles. The van der Waals surface area contributed by atoms with Crippen LogP contribution in [0.3, 0.4) is 0 Å². The molecule has 0 heterocycles. The lowest BCUT2D eigenvalue weighted by Crippen LogP contribution is -2.06. The van der Waals surface area contributed by atoms with Crippen LogP contribution in [0.4, 0.5) is 0 Å². The molecule has 0 N–H and O–H groups in total. The third kappa shape index (κ3) is 15.7. The van der Waals surface area contributed by atoms with E-state index in [4.69, 9.17) is 16.3 Å². The molecule has 0 radical (unpaired) electrons. The van der Waals surface area contributed by atoms with Crippen molar-refractivity contribution in [3.05, 3.63) is 0 Å². The van der Waals surface area contributed by atoms with Gasteiger partial charge >= 0.3 is 5.97 Å². The fourth-order valence-corrected chi connectivity index (χ4v) is 2.24. The molecule has 0 aliphatic rings. The summed E-state index contributed by atoms with van der Waals surface area (Å²) in [6.07, 6.45) is 14.9. The lowest BCUT2D eigenvalue weighted by molar-refractivity contribution is -0.143. The smallest absolute Gasteiger partial charge is 0.305 e. The van der Waals surface area contributed by atoms with Crippen LogP contribution in [0.15, 0.2) is 0 Å². The van der Waals surface area contributed by atoms with Crippen molar-refractivity contribution in [2.45, 2.75) is 84.0 Å². The molecule has 0 unspecified atom stereocenters. The minimum Gasteiger partial charge on any atom is -0.464 e. The molecule has 0 spiro atoms. The number of alkyl halides is 1. The first-order valence-corrected chi connectivity index (χ1v) is 8.56. The van der Waals surface area contributed by atoms with E-state index in [0.29, 0.717) is 18.9 Å². The molecule has 0 aromatic carbocycles. The Labute approximate surface area is 124 Å². The minimum absolute atomic E-state index is 0.100. The molecule has 0 saturated carbocycles. The van der Waals surface area contributed by atoms with E-state index in [2.05, 4.69) is 6.92 Å². The van der Waals surface area contributed by atoms with Crippen molar-refractivity contribution in [3.63, 3.8) is 0 Å². The Morgan fingerprint density at radius 1 is 0.842 bits per heavy atom. The number of unbranched alkanes of at least 4 members (excludes halogenated alkanes) is 10. The number of carbonyl (C=O) groups excluding carboxylic acids is 1. The van der Waals surface area contributed by atoms with Crippen molar-refractivity contribution < 1.29 is 9.53 Å². The molecule has 0 aromatic rings. The molecule has 19 heavy (non-hydrogen) atoms. The van der Waals surface area contributed by atoms with Crippen LogP contribution >= 0.6 is 11.6 Å². The predicted octanol–water partition coefficient (Wildman–Crippen LogP) is 5.47. The number of hydrogen-bond acceptors (Lipinski definition) is 2. The molecule has 3 heteroatoms. The van der Waals surface area contributed by atoms with Crippen LogP contribution in [0, 0.1) is 0 Å². The van der Waals surface area contributed by atoms with Gasteiger partial charge in [0.1, 0.15) is 6.61 Å². The Morgan fingerprint density at radius 2 is 1.32 bits per heavy atom. The van der Waals surface area contributed by atoms with E-state index in [0.717, 1.165) is 12.8 Å². The summed E-state index contributed by atoms with van der Waals surface area (Å²) in [4.78, 5) is 11.2. The number of rotatable bonds is 14. The van der Waals surface area contributed by atoms with E-state index in [-0.39, 0.29) is 5.97 Å². The van der Waals surface area contributed by atoms with Crippen LogP contribution in [-0.4, -0.2) is 18.5 Å². The molecule has 0 atom stereocenters. The van der Waals surface area contributed by atoms with Gasteiger partial charge in [0.2, 0.25) is 0 Å². The zero-order chi connectivity index (χ0) is 14.2. The maximum atomic E-state index is 11.2. The molecule has 0 fully saturated rings. The van der Waals surface area contributed by atoms with Crippen molar-refractivity contribution in [2.75, 3.05) is 12.5 Å². The van der Waals surface area contributed by atoms with Crippen molar-refractivity contribution in [2.24, 2.45) is 0 Å². The van der Waals surface area contributed by atoms with Crippen LogP contribution in [0.1, 0.15) is 84.0 Å². The van der Waals surface area contributed by atoms with E-state index < -0.39 is 0 Å². The second-order valence-electron chi connectivity index (χ2n) is 5.19. The van der Waals surface area contributed by atoms with Gasteiger partial charge in [0, 0.05) is 6.42 Å². The highest BCUT2D eigenvalue weighted by molar-refractivity contribution is 6.18. The zero-order valence-electron chi connectivity index (χ0n) is 12.6. The van der Waals surface area contributed by atoms with Crippen molar-refractivity contribution in [3.8, 4) is 0 Å². The summed E-state index contributed by atoms with van der Waals surface area (Å²) in [6, 6.07) is 0. The highest BCUT2D eigenvalue weighted by Gasteiger charge is 2.01. The van der Waals surface area contributed by atoms with Crippen LogP contribution in [-0.2, 0) is 9.53 Å². The minimum atomic E-state index is -0.100. The van der Waals surface area contributed by atoms with Crippen molar-refractivity contribution >= 4 is 17.6 Å². The average molecular weight is 291 g/mol. The summed E-state index contributed by atoms with van der Waals surface area (Å²) in [5.74, 6) is 0.292. The molecule has 0 rings (SSSR count). The van der Waals surface area contributed by atoms with Crippen LogP contribution < -0.4 is 0 Å². The highest BCUT2D eigenvalue weighted by Crippen LogP contribution is 2.12. The lowest BCUT2D eigenvalue weighted by Gasteiger charge is -2.03. The Morgan fingerprint density at radius 3 is 1.79 bits per heavy atom. The molecule has 0 aromatic heterocycles. The fourth-order valence-electron chi connectivity index (χ4n) is 2.16. The summed E-state index contributed by atoms with van der Waals surface area (Å²) in [5.41, 5.74) is 0. The van der Waals surface area contributed by atoms with E-state index in [1.165, 1.54) is 57.8 Å². The van der Waals surface area contributed by atoms with Crippen molar-refractivity contribution in [1.82, 2.24) is 0 Å². The Balaban J connectivity index is 3.04. The molecule has 0 amide bonds. The van der Waals surface area contributed by atoms with Gasteiger partial charge in [0.15, 0.2) is 0 Å². The largest absolute Gasteiger partial charge is 0.464 e. The van der Waals surface area contributed by atoms with Gasteiger partial charge in [-0.2, -0.15) is 0 Å². The summed E-state index contributed by atoms with van der Waals surface area (Å²) < 4.78 is 4.91. The quantitative estimate of drug-likeness (QED) is 0.241. The summed E-state index contributed by atoms with van der Waals surface area (Å²) in [5, 5.41) is 0. The number of carbonyl (C=O) groups is 1. The Kier molecular flexibility index (Phi) is 15.6. The first-order valence-electron chi connectivity index (χ1n) is 8.02. The summed E-state index contributed by atoms with van der Waals surface area (Å²) in [7, 11) is 0. The third-order valence-electron chi connectivity index (χ3n) is 3.32. The highest BCUT2D eigenvalue weighted by atomic mass is 35.5. The van der Waals surface area contributed by atoms with Gasteiger partial charge in [-0.25, -0.2) is 0 Å². The van der Waals surface area contributed by atoms with Gasteiger partial charge in [0.25, 0.3) is 0 Å². The van der Waals surface area contributed by atoms with E-state index in [1.54, 1.807) is 0 Å². The predicted molar refractivity (Wildman–Crippen MR) is 82.8 cm³/mol. The normalized spacial score (nSPS) is 10.6. The Hall–Kier alpha value is -0.240. The maximum Gasteiger partial charge on any atom is 0.305 e. The standard InChI is InChI=1S/C16H31ClO2/c1-2-3-4-5-6-7-8-9-10-11-12-13-16(18)19-15-14-17/h2-15H2,1H3. The second kappa shape index (κ2) is 15.8. The van der Waals surface area contributed by atoms with Gasteiger partial charge in [0.05, 0.1) is 5.88 Å². The first kappa shape index (κ1) is 18.8. The molecular weight excluding hydrogens is 260 g/mol. The van der Waals surface area contributed by atoms with Crippen LogP contribution in [0.2, 0.25) is 0 Å². The average Bonchev–Trinajstić information content (AvgIpc) is 2.42. The zero-order valence-corrected chi connectivity index (χ0v) is 13.3. The SMILES string of the molecule is CCCCCCCCCCCCCC(=O)OCCCl. The monoisotopic (exact) mass is 290 g/mol. The van der Waals surface area contributed by atoms with Crippen LogP contribution in [0.25, 0.3) is 0 Å². The third-order valence-corrected chi connectivity index (χ3v) is 3.48. The maximum absolute atomic E-state index is 11.2. The lowest BCUT2D eigenvalue weighted by atomic mass is 10.1. The van der Waals surface area contributed by atoms with Crippen LogP contribution in [0.5, 0.6) is 0 Å². The summed E-state index contributed by atoms with van der Waals surface area (Å²) >= 11 is 5.44. The summed E-state index contributed by atoms with van der Waals surface area (Å²) in [6.45, 7) is 2.60. The van der Waals surface area contributed by atoms with E-state index >= 15 is 0 Å². The number of esters is 1. The van der Waals surface area contributed by atoms with E-state index in [1.807, 2.05) is 0 Å². The molecule has 114 valence electrons. The topological polar surface area (TPSA) is 26.3 Å². The molecule has 0 saturated heterocycles. The van der Waals surface area contributed by atoms with Gasteiger partial charge in [-0.1, -0.05) is 71.1 Å². The van der Waals surface area contributed by atoms with Gasteiger partial charge in [-0.3, -0.25) is 4.79 Å². The molecule has 0 aliphatic carbocycles. The molecule has 2 nitrogen and oxygen atoms in total. The van der Waals surface area contributed by atoms with Crippen molar-refractivity contribution in [1.29, 1.82) is 0 Å². The van der Waals surface area contributed by atoms with Gasteiger partial charge in [-0.15, -0.1) is 11.6 Å². The van der Waals surface area contributed by atoms with Gasteiger partial charge < -0.3 is 4.74 Å². The van der Waals surface area contributed by atoms with E-state index in [9.17, 15) is 4.79 Å². The number of halogens is 1. The molecule has 0 bridgehead atoms. The number of ether oxygens (including phenoxy) is 1. The fraction of sp³-hybridized carbons (Fsp3) is 0.938. The number of hydrogen-bond donors (Lipinski definition) is 0. The first-order chi connectivity index (χ1) is 9.31.